The van der Waals surface area contributed by atoms with Crippen molar-refractivity contribution in [1.82, 2.24) is 5.32 Å². The predicted octanol–water partition coefficient (Wildman–Crippen LogP) is 5.57. The van der Waals surface area contributed by atoms with Gasteiger partial charge >= 0.3 is 6.09 Å². The Labute approximate surface area is 167 Å². The topological polar surface area (TPSA) is 69.6 Å². The van der Waals surface area contributed by atoms with Gasteiger partial charge in [-0.25, -0.2) is 4.79 Å². The van der Waals surface area contributed by atoms with Crippen LogP contribution in [0.25, 0.3) is 0 Å². The van der Waals surface area contributed by atoms with E-state index in [9.17, 15) is 15.0 Å². The van der Waals surface area contributed by atoms with Gasteiger partial charge in [-0.2, -0.15) is 0 Å². The number of carboxylic acid groups (broad SMARTS) is 1. The Morgan fingerprint density at radius 1 is 0.963 bits per heavy atom. The van der Waals surface area contributed by atoms with Gasteiger partial charge in [0.2, 0.25) is 0 Å². The summed E-state index contributed by atoms with van der Waals surface area (Å²) in [7, 11) is -1.89. The lowest BCUT2D eigenvalue weighted by Crippen LogP contribution is -2.60. The molecule has 0 atom stereocenters. The maximum atomic E-state index is 11.4. The highest BCUT2D eigenvalue weighted by molar-refractivity contribution is 6.90. The fraction of sp³-hybridized carbons (Fsp3) is 0.864. The summed E-state index contributed by atoms with van der Waals surface area (Å²) in [5, 5.41) is 23.3. The maximum absolute atomic E-state index is 11.4. The van der Waals surface area contributed by atoms with Crippen molar-refractivity contribution in [2.45, 2.75) is 116 Å². The molecule has 5 heteroatoms. The van der Waals surface area contributed by atoms with Crippen molar-refractivity contribution in [3.05, 3.63) is 0 Å². The van der Waals surface area contributed by atoms with Crippen LogP contribution < -0.4 is 5.32 Å². The zero-order valence-electron chi connectivity index (χ0n) is 18.9. The zero-order chi connectivity index (χ0) is 21.3. The van der Waals surface area contributed by atoms with Gasteiger partial charge in [-0.15, -0.1) is 5.54 Å². The Morgan fingerprint density at radius 3 is 1.67 bits per heavy atom. The molecule has 0 spiro atoms. The van der Waals surface area contributed by atoms with Gasteiger partial charge in [0.1, 0.15) is 13.7 Å². The van der Waals surface area contributed by atoms with Crippen LogP contribution >= 0.6 is 0 Å². The summed E-state index contributed by atoms with van der Waals surface area (Å²) in [6.07, 6.45) is 1.24. The van der Waals surface area contributed by atoms with E-state index in [0.29, 0.717) is 42.3 Å². The minimum absolute atomic E-state index is 0.216. The van der Waals surface area contributed by atoms with Crippen LogP contribution in [0.3, 0.4) is 0 Å². The highest BCUT2D eigenvalue weighted by Crippen LogP contribution is 2.46. The van der Waals surface area contributed by atoms with Crippen LogP contribution in [0.2, 0.25) is 16.6 Å². The monoisotopic (exact) mass is 395 g/mol. The van der Waals surface area contributed by atoms with Crippen LogP contribution in [-0.4, -0.2) is 35.5 Å². The van der Waals surface area contributed by atoms with E-state index >= 15 is 0 Å². The number of amides is 1. The third kappa shape index (κ3) is 4.89. The average Bonchev–Trinajstić information content (AvgIpc) is 2.48. The standard InChI is InChI=1S/C22H41NO3Si/c1-16(2)27(17(3)4,18(5)6)15-14-21(26)10-12-22(13-11-21,20(7,8)9)23-19(24)25/h16-18,23,26H,10-13H2,1-9H3,(H,24,25)/t21-,22+. The molecule has 0 aromatic heterocycles. The molecule has 1 aliphatic rings. The minimum Gasteiger partial charge on any atom is -0.465 e. The number of hydrogen-bond acceptors (Lipinski definition) is 2. The number of carbonyl (C=O) groups is 1. The molecule has 0 aliphatic heterocycles. The van der Waals surface area contributed by atoms with Crippen molar-refractivity contribution in [3.63, 3.8) is 0 Å². The lowest BCUT2D eigenvalue weighted by atomic mass is 9.62. The van der Waals surface area contributed by atoms with Gasteiger partial charge in [0.25, 0.3) is 0 Å². The van der Waals surface area contributed by atoms with Gasteiger partial charge in [-0.1, -0.05) is 68.2 Å². The molecule has 3 N–H and O–H groups in total. The normalized spacial score (nSPS) is 26.9. The van der Waals surface area contributed by atoms with Crippen molar-refractivity contribution in [2.24, 2.45) is 5.41 Å². The molecule has 0 aromatic rings. The van der Waals surface area contributed by atoms with E-state index in [1.807, 2.05) is 0 Å². The van der Waals surface area contributed by atoms with Crippen LogP contribution in [0.4, 0.5) is 4.79 Å². The van der Waals surface area contributed by atoms with E-state index in [0.717, 1.165) is 0 Å². The summed E-state index contributed by atoms with van der Waals surface area (Å²) in [5.74, 6) is 3.32. The largest absolute Gasteiger partial charge is 0.465 e. The van der Waals surface area contributed by atoms with E-state index in [1.165, 1.54) is 0 Å². The summed E-state index contributed by atoms with van der Waals surface area (Å²) in [6.45, 7) is 19.8. The van der Waals surface area contributed by atoms with Gasteiger partial charge in [-0.05, 0) is 47.7 Å². The van der Waals surface area contributed by atoms with E-state index in [2.05, 4.69) is 79.1 Å². The van der Waals surface area contributed by atoms with Crippen molar-refractivity contribution in [2.75, 3.05) is 0 Å². The fourth-order valence-electron chi connectivity index (χ4n) is 5.14. The molecular weight excluding hydrogens is 354 g/mol. The smallest absolute Gasteiger partial charge is 0.405 e. The van der Waals surface area contributed by atoms with E-state index in [-0.39, 0.29) is 5.41 Å². The molecule has 0 bridgehead atoms. The summed E-state index contributed by atoms with van der Waals surface area (Å²) in [4.78, 5) is 11.4. The van der Waals surface area contributed by atoms with Crippen molar-refractivity contribution < 1.29 is 15.0 Å². The molecule has 1 aliphatic carbocycles. The first-order valence-electron chi connectivity index (χ1n) is 10.4. The first-order chi connectivity index (χ1) is 12.1. The summed E-state index contributed by atoms with van der Waals surface area (Å²) in [5.41, 5.74) is 3.49. The minimum atomic E-state index is -1.89. The van der Waals surface area contributed by atoms with E-state index < -0.39 is 25.3 Å². The lowest BCUT2D eigenvalue weighted by molar-refractivity contribution is -0.00719. The lowest BCUT2D eigenvalue weighted by Gasteiger charge is -2.50. The third-order valence-electron chi connectivity index (χ3n) is 7.09. The van der Waals surface area contributed by atoms with Crippen LogP contribution in [0, 0.1) is 16.9 Å². The summed E-state index contributed by atoms with van der Waals surface area (Å²) in [6, 6.07) is 0. The third-order valence-corrected chi connectivity index (χ3v) is 13.4. The zero-order valence-corrected chi connectivity index (χ0v) is 19.9. The molecule has 1 rings (SSSR count). The van der Waals surface area contributed by atoms with Gasteiger partial charge in [0.15, 0.2) is 0 Å². The molecule has 1 saturated carbocycles. The van der Waals surface area contributed by atoms with Gasteiger partial charge in [-0.3, -0.25) is 0 Å². The average molecular weight is 396 g/mol. The Balaban J connectivity index is 3.16. The molecule has 0 radical (unpaired) electrons. The number of aliphatic hydroxyl groups is 1. The first kappa shape index (κ1) is 24.0. The van der Waals surface area contributed by atoms with E-state index in [1.54, 1.807) is 0 Å². The van der Waals surface area contributed by atoms with Crippen LogP contribution in [-0.2, 0) is 0 Å². The molecule has 0 aromatic carbocycles. The molecular formula is C22H41NO3Si. The molecule has 1 fully saturated rings. The van der Waals surface area contributed by atoms with Crippen LogP contribution in [0.5, 0.6) is 0 Å². The van der Waals surface area contributed by atoms with Crippen molar-refractivity contribution in [1.29, 1.82) is 0 Å². The Kier molecular flexibility index (Phi) is 7.27. The number of nitrogens with one attached hydrogen (secondary N) is 1. The van der Waals surface area contributed by atoms with Crippen LogP contribution in [0.15, 0.2) is 0 Å². The molecule has 0 saturated heterocycles. The summed E-state index contributed by atoms with van der Waals surface area (Å²) >= 11 is 0. The molecule has 156 valence electrons. The van der Waals surface area contributed by atoms with Crippen LogP contribution in [0.1, 0.15) is 88.0 Å². The first-order valence-corrected chi connectivity index (χ1v) is 12.6. The second kappa shape index (κ2) is 8.17. The van der Waals surface area contributed by atoms with Gasteiger partial charge in [0, 0.05) is 5.54 Å². The highest BCUT2D eigenvalue weighted by atomic mass is 28.3. The molecule has 0 unspecified atom stereocenters. The summed E-state index contributed by atoms with van der Waals surface area (Å²) < 4.78 is 0. The fourth-order valence-corrected chi connectivity index (χ4v) is 10.5. The molecule has 27 heavy (non-hydrogen) atoms. The van der Waals surface area contributed by atoms with E-state index in [4.69, 9.17) is 0 Å². The predicted molar refractivity (Wildman–Crippen MR) is 116 cm³/mol. The van der Waals surface area contributed by atoms with Crippen molar-refractivity contribution >= 4 is 14.2 Å². The Bertz CT molecular complexity index is 563. The number of hydrogen-bond donors (Lipinski definition) is 3. The second-order valence-corrected chi connectivity index (χ2v) is 16.0. The van der Waals surface area contributed by atoms with Gasteiger partial charge in [0.05, 0.1) is 0 Å². The second-order valence-electron chi connectivity index (χ2n) is 10.4. The molecule has 0 heterocycles. The SMILES string of the molecule is CC(C)[Si](C#C[C@]1(O)CC[C@](NC(=O)O)(C(C)(C)C)CC1)(C(C)C)C(C)C. The van der Waals surface area contributed by atoms with Crippen molar-refractivity contribution in [3.8, 4) is 11.5 Å². The Hall–Kier alpha value is -0.993. The quantitative estimate of drug-likeness (QED) is 0.431. The Morgan fingerprint density at radius 2 is 1.37 bits per heavy atom. The van der Waals surface area contributed by atoms with Gasteiger partial charge < -0.3 is 15.5 Å². The molecule has 4 nitrogen and oxygen atoms in total. The highest BCUT2D eigenvalue weighted by Gasteiger charge is 2.49. The molecule has 1 amide bonds. The maximum Gasteiger partial charge on any atom is 0.405 e. The number of rotatable bonds is 4.